The van der Waals surface area contributed by atoms with Gasteiger partial charge in [0.2, 0.25) is 0 Å². The molecule has 1 heterocycles. The summed E-state index contributed by atoms with van der Waals surface area (Å²) in [5, 5.41) is 7.84. The number of imidazole rings is 1. The van der Waals surface area contributed by atoms with E-state index in [1.54, 1.807) is 0 Å². The number of nitrogens with zero attached hydrogens (tertiary/aromatic N) is 2. The molecule has 0 fully saturated rings. The SMILES string of the molecule is CC(c1ccccc1)(c1ccc(-c2nc3ccccc3n2-c2ccccc2)cc1)c1cc2cccc3ccc4cccc1c4c32. The van der Waals surface area contributed by atoms with Gasteiger partial charge in [-0.25, -0.2) is 4.98 Å². The van der Waals surface area contributed by atoms with Gasteiger partial charge in [-0.2, -0.15) is 0 Å². The Morgan fingerprint density at radius 2 is 1.13 bits per heavy atom. The summed E-state index contributed by atoms with van der Waals surface area (Å²) >= 11 is 0. The maximum absolute atomic E-state index is 5.12. The zero-order valence-corrected chi connectivity index (χ0v) is 25.0. The summed E-state index contributed by atoms with van der Waals surface area (Å²) in [6.45, 7) is 2.38. The van der Waals surface area contributed by atoms with Crippen LogP contribution >= 0.6 is 0 Å². The zero-order valence-electron chi connectivity index (χ0n) is 25.0. The molecule has 0 aliphatic rings. The molecule has 0 bridgehead atoms. The van der Waals surface area contributed by atoms with Gasteiger partial charge in [0.15, 0.2) is 0 Å². The Bertz CT molecular complexity index is 2470. The van der Waals surface area contributed by atoms with Crippen molar-refractivity contribution in [2.24, 2.45) is 0 Å². The van der Waals surface area contributed by atoms with Crippen LogP contribution in [0, 0.1) is 0 Å². The van der Waals surface area contributed by atoms with E-state index in [2.05, 4.69) is 175 Å². The first-order chi connectivity index (χ1) is 22.2. The summed E-state index contributed by atoms with van der Waals surface area (Å²) in [5.74, 6) is 0.942. The van der Waals surface area contributed by atoms with E-state index in [1.165, 1.54) is 49.0 Å². The van der Waals surface area contributed by atoms with E-state index in [4.69, 9.17) is 4.98 Å². The highest BCUT2D eigenvalue weighted by atomic mass is 15.1. The average molecular weight is 575 g/mol. The normalized spacial score (nSPS) is 13.2. The van der Waals surface area contributed by atoms with Crippen LogP contribution in [0.5, 0.6) is 0 Å². The lowest BCUT2D eigenvalue weighted by molar-refractivity contribution is 0.700. The van der Waals surface area contributed by atoms with Crippen molar-refractivity contribution < 1.29 is 0 Å². The third-order valence-corrected chi connectivity index (χ3v) is 9.69. The second-order valence-electron chi connectivity index (χ2n) is 12.1. The van der Waals surface area contributed by atoms with E-state index in [0.29, 0.717) is 0 Å². The number of benzene rings is 8. The molecule has 1 aromatic heterocycles. The first-order valence-corrected chi connectivity index (χ1v) is 15.6. The number of fused-ring (bicyclic) bond motifs is 1. The van der Waals surface area contributed by atoms with Crippen LogP contribution in [0.1, 0.15) is 23.6 Å². The Kier molecular flexibility index (Phi) is 5.66. The largest absolute Gasteiger partial charge is 0.292 e. The molecule has 9 rings (SSSR count). The van der Waals surface area contributed by atoms with Crippen molar-refractivity contribution in [1.29, 1.82) is 0 Å². The molecule has 212 valence electrons. The number of aromatic nitrogens is 2. The molecule has 1 atom stereocenters. The number of hydrogen-bond acceptors (Lipinski definition) is 1. The van der Waals surface area contributed by atoms with Crippen LogP contribution in [0.3, 0.4) is 0 Å². The second-order valence-corrected chi connectivity index (χ2v) is 12.1. The van der Waals surface area contributed by atoms with Gasteiger partial charge in [-0.1, -0.05) is 133 Å². The first kappa shape index (κ1) is 25.7. The summed E-state index contributed by atoms with van der Waals surface area (Å²) in [7, 11) is 0. The number of rotatable bonds is 5. The van der Waals surface area contributed by atoms with Gasteiger partial charge in [-0.3, -0.25) is 4.57 Å². The minimum atomic E-state index is -0.399. The summed E-state index contributed by atoms with van der Waals surface area (Å²) in [5.41, 5.74) is 7.71. The molecule has 0 N–H and O–H groups in total. The summed E-state index contributed by atoms with van der Waals surface area (Å²) in [6.07, 6.45) is 0. The molecule has 0 saturated heterocycles. The molecule has 8 aromatic carbocycles. The average Bonchev–Trinajstić information content (AvgIpc) is 3.51. The molecule has 0 saturated carbocycles. The van der Waals surface area contributed by atoms with Crippen molar-refractivity contribution >= 4 is 43.4 Å². The van der Waals surface area contributed by atoms with Crippen LogP contribution in [0.15, 0.2) is 164 Å². The minimum Gasteiger partial charge on any atom is -0.292 e. The van der Waals surface area contributed by atoms with E-state index in [-0.39, 0.29) is 0 Å². The van der Waals surface area contributed by atoms with Gasteiger partial charge < -0.3 is 0 Å². The maximum atomic E-state index is 5.12. The predicted octanol–water partition coefficient (Wildman–Crippen LogP) is 10.9. The molecule has 9 aromatic rings. The zero-order chi connectivity index (χ0) is 30.0. The molecular formula is C43H30N2. The summed E-state index contributed by atoms with van der Waals surface area (Å²) < 4.78 is 2.27. The molecule has 0 spiro atoms. The van der Waals surface area contributed by atoms with Crippen LogP contribution in [-0.4, -0.2) is 9.55 Å². The van der Waals surface area contributed by atoms with Gasteiger partial charge >= 0.3 is 0 Å². The van der Waals surface area contributed by atoms with Crippen LogP contribution in [-0.2, 0) is 5.41 Å². The van der Waals surface area contributed by atoms with Crippen molar-refractivity contribution in [1.82, 2.24) is 9.55 Å². The van der Waals surface area contributed by atoms with Crippen LogP contribution in [0.2, 0.25) is 0 Å². The van der Waals surface area contributed by atoms with Gasteiger partial charge in [0.25, 0.3) is 0 Å². The monoisotopic (exact) mass is 574 g/mol. The molecule has 2 nitrogen and oxygen atoms in total. The van der Waals surface area contributed by atoms with Crippen molar-refractivity contribution in [3.05, 3.63) is 180 Å². The van der Waals surface area contributed by atoms with Crippen molar-refractivity contribution in [3.8, 4) is 17.1 Å². The van der Waals surface area contributed by atoms with Crippen molar-refractivity contribution in [2.45, 2.75) is 12.3 Å². The molecule has 1 unspecified atom stereocenters. The van der Waals surface area contributed by atoms with Gasteiger partial charge in [-0.15, -0.1) is 0 Å². The van der Waals surface area contributed by atoms with E-state index < -0.39 is 5.41 Å². The maximum Gasteiger partial charge on any atom is 0.145 e. The third-order valence-electron chi connectivity index (χ3n) is 9.69. The standard InChI is InChI=1S/C43H30N2/c1-43(33-15-4-2-5-16-33,37-28-32-14-10-12-29-22-23-30-13-11-19-36(37)41(30)40(29)32)34-26-24-31(25-27-34)42-44-38-20-8-9-21-39(38)45(42)35-17-6-3-7-18-35/h2-28H,1H3. The van der Waals surface area contributed by atoms with Crippen molar-refractivity contribution in [2.75, 3.05) is 0 Å². The smallest absolute Gasteiger partial charge is 0.145 e. The van der Waals surface area contributed by atoms with E-state index in [1.807, 2.05) is 0 Å². The van der Waals surface area contributed by atoms with Gasteiger partial charge in [0.05, 0.1) is 11.0 Å². The molecule has 45 heavy (non-hydrogen) atoms. The van der Waals surface area contributed by atoms with E-state index in [0.717, 1.165) is 28.1 Å². The highest BCUT2D eigenvalue weighted by molar-refractivity contribution is 6.24. The molecule has 0 aliphatic heterocycles. The second kappa shape index (κ2) is 9.90. The van der Waals surface area contributed by atoms with Crippen LogP contribution < -0.4 is 0 Å². The number of para-hydroxylation sites is 3. The molecular weight excluding hydrogens is 544 g/mol. The Balaban J connectivity index is 1.28. The topological polar surface area (TPSA) is 17.8 Å². The van der Waals surface area contributed by atoms with Crippen LogP contribution in [0.4, 0.5) is 0 Å². The first-order valence-electron chi connectivity index (χ1n) is 15.6. The predicted molar refractivity (Wildman–Crippen MR) is 189 cm³/mol. The quantitative estimate of drug-likeness (QED) is 0.148. The van der Waals surface area contributed by atoms with E-state index in [9.17, 15) is 0 Å². The fourth-order valence-electron chi connectivity index (χ4n) is 7.44. The Labute approximate surface area is 262 Å². The molecule has 0 radical (unpaired) electrons. The lowest BCUT2D eigenvalue weighted by Crippen LogP contribution is -2.25. The molecule has 0 aliphatic carbocycles. The Morgan fingerprint density at radius 1 is 0.511 bits per heavy atom. The van der Waals surface area contributed by atoms with Crippen molar-refractivity contribution in [3.63, 3.8) is 0 Å². The Hall–Kier alpha value is -5.73. The lowest BCUT2D eigenvalue weighted by Gasteiger charge is -2.34. The number of hydrogen-bond donors (Lipinski definition) is 0. The fraction of sp³-hybridized carbons (Fsp3) is 0.0465. The lowest BCUT2D eigenvalue weighted by atomic mass is 9.69. The summed E-state index contributed by atoms with van der Waals surface area (Å²) in [6, 6.07) is 59.3. The highest BCUT2D eigenvalue weighted by Crippen LogP contribution is 2.46. The van der Waals surface area contributed by atoms with E-state index >= 15 is 0 Å². The molecule has 0 amide bonds. The molecule has 2 heteroatoms. The third kappa shape index (κ3) is 3.86. The highest BCUT2D eigenvalue weighted by Gasteiger charge is 2.34. The van der Waals surface area contributed by atoms with Crippen LogP contribution in [0.25, 0.3) is 60.4 Å². The van der Waals surface area contributed by atoms with Gasteiger partial charge in [0.1, 0.15) is 5.82 Å². The van der Waals surface area contributed by atoms with Gasteiger partial charge in [-0.05, 0) is 86.3 Å². The fourth-order valence-corrected chi connectivity index (χ4v) is 7.44. The Morgan fingerprint density at radius 3 is 1.91 bits per heavy atom. The minimum absolute atomic E-state index is 0.399. The summed E-state index contributed by atoms with van der Waals surface area (Å²) in [4.78, 5) is 5.12. The van der Waals surface area contributed by atoms with Gasteiger partial charge in [0, 0.05) is 16.7 Å².